The van der Waals surface area contributed by atoms with Crippen LogP contribution in [0.5, 0.6) is 5.75 Å². The quantitative estimate of drug-likeness (QED) is 0.882. The number of aromatic nitrogens is 2. The summed E-state index contributed by atoms with van der Waals surface area (Å²) in [6.45, 7) is 3.30. The van der Waals surface area contributed by atoms with Crippen LogP contribution in [0.4, 0.5) is 4.39 Å². The predicted octanol–water partition coefficient (Wildman–Crippen LogP) is 2.08. The third kappa shape index (κ3) is 2.51. The summed E-state index contributed by atoms with van der Waals surface area (Å²) in [4.78, 5) is 4.17. The Bertz CT molecular complexity index is 525. The Balaban J connectivity index is 2.15. The molecule has 0 fully saturated rings. The highest BCUT2D eigenvalue weighted by molar-refractivity contribution is 5.34. The van der Waals surface area contributed by atoms with Crippen molar-refractivity contribution in [1.29, 1.82) is 0 Å². The molecule has 1 aromatic carbocycles. The molecule has 2 aromatic rings. The maximum atomic E-state index is 13.6. The number of hydrogen-bond acceptors (Lipinski definition) is 3. The number of aryl methyl sites for hydroxylation is 1. The first-order valence-corrected chi connectivity index (χ1v) is 5.86. The van der Waals surface area contributed by atoms with Crippen LogP contribution in [0, 0.1) is 5.82 Å². The smallest absolute Gasteiger partial charge is 0.165 e. The van der Waals surface area contributed by atoms with E-state index in [1.807, 2.05) is 17.7 Å². The van der Waals surface area contributed by atoms with Crippen molar-refractivity contribution in [3.05, 3.63) is 47.8 Å². The van der Waals surface area contributed by atoms with Gasteiger partial charge in [0.05, 0.1) is 0 Å². The first-order chi connectivity index (χ1) is 8.76. The number of benzene rings is 1. The van der Waals surface area contributed by atoms with Gasteiger partial charge in [0.15, 0.2) is 11.6 Å². The number of para-hydroxylation sites is 1. The van der Waals surface area contributed by atoms with Crippen molar-refractivity contribution in [3.8, 4) is 5.75 Å². The fourth-order valence-corrected chi connectivity index (χ4v) is 1.78. The lowest BCUT2D eigenvalue weighted by Gasteiger charge is -2.11. The molecule has 0 aliphatic carbocycles. The normalized spacial score (nSPS) is 10.6. The lowest BCUT2D eigenvalue weighted by molar-refractivity contribution is 0.273. The molecule has 0 radical (unpaired) electrons. The fraction of sp³-hybridized carbons (Fsp3) is 0.308. The first-order valence-electron chi connectivity index (χ1n) is 5.86. The summed E-state index contributed by atoms with van der Waals surface area (Å²) in [5.41, 5.74) is 6.21. The lowest BCUT2D eigenvalue weighted by Crippen LogP contribution is -2.08. The number of ether oxygens (including phenoxy) is 1. The Morgan fingerprint density at radius 2 is 2.28 bits per heavy atom. The van der Waals surface area contributed by atoms with E-state index in [-0.39, 0.29) is 18.9 Å². The van der Waals surface area contributed by atoms with Crippen LogP contribution < -0.4 is 10.5 Å². The molecule has 0 spiro atoms. The second kappa shape index (κ2) is 5.64. The van der Waals surface area contributed by atoms with Crippen LogP contribution in [0.2, 0.25) is 0 Å². The molecule has 0 atom stereocenters. The standard InChI is InChI=1S/C13H16FN3O/c1-2-17-7-6-16-12(17)9-18-13-10(8-15)4-3-5-11(13)14/h3-7H,2,8-9,15H2,1H3. The molecular weight excluding hydrogens is 233 g/mol. The van der Waals surface area contributed by atoms with Gasteiger partial charge in [0.25, 0.3) is 0 Å². The van der Waals surface area contributed by atoms with Crippen molar-refractivity contribution in [1.82, 2.24) is 9.55 Å². The Labute approximate surface area is 105 Å². The van der Waals surface area contributed by atoms with Crippen molar-refractivity contribution in [2.24, 2.45) is 5.73 Å². The Morgan fingerprint density at radius 3 is 3.00 bits per heavy atom. The Hall–Kier alpha value is -1.88. The minimum Gasteiger partial charge on any atom is -0.482 e. The highest BCUT2D eigenvalue weighted by Gasteiger charge is 2.10. The number of rotatable bonds is 5. The van der Waals surface area contributed by atoms with E-state index in [1.54, 1.807) is 18.3 Å². The Morgan fingerprint density at radius 1 is 1.44 bits per heavy atom. The highest BCUT2D eigenvalue weighted by Crippen LogP contribution is 2.23. The van der Waals surface area contributed by atoms with Gasteiger partial charge in [-0.25, -0.2) is 9.37 Å². The van der Waals surface area contributed by atoms with Crippen LogP contribution >= 0.6 is 0 Å². The average Bonchev–Trinajstić information content (AvgIpc) is 2.84. The molecule has 5 heteroatoms. The number of nitrogens with zero attached hydrogens (tertiary/aromatic N) is 2. The van der Waals surface area contributed by atoms with Crippen molar-refractivity contribution in [2.45, 2.75) is 26.6 Å². The number of imidazole rings is 1. The van der Waals surface area contributed by atoms with Crippen molar-refractivity contribution >= 4 is 0 Å². The van der Waals surface area contributed by atoms with Crippen LogP contribution in [0.1, 0.15) is 18.3 Å². The van der Waals surface area contributed by atoms with E-state index < -0.39 is 5.82 Å². The molecule has 0 amide bonds. The zero-order chi connectivity index (χ0) is 13.0. The van der Waals surface area contributed by atoms with E-state index in [1.165, 1.54) is 6.07 Å². The SMILES string of the molecule is CCn1ccnc1COc1c(F)cccc1CN. The molecule has 2 N–H and O–H groups in total. The van der Waals surface area contributed by atoms with E-state index in [4.69, 9.17) is 10.5 Å². The largest absolute Gasteiger partial charge is 0.482 e. The Kier molecular flexibility index (Phi) is 3.94. The van der Waals surface area contributed by atoms with Gasteiger partial charge in [-0.15, -0.1) is 0 Å². The summed E-state index contributed by atoms with van der Waals surface area (Å²) in [5, 5.41) is 0. The number of hydrogen-bond donors (Lipinski definition) is 1. The molecule has 0 bridgehead atoms. The van der Waals surface area contributed by atoms with Crippen LogP contribution in [0.25, 0.3) is 0 Å². The second-order valence-corrected chi connectivity index (χ2v) is 3.85. The molecule has 0 aliphatic heterocycles. The van der Waals surface area contributed by atoms with Gasteiger partial charge in [-0.05, 0) is 13.0 Å². The van der Waals surface area contributed by atoms with Gasteiger partial charge >= 0.3 is 0 Å². The van der Waals surface area contributed by atoms with Gasteiger partial charge in [-0.3, -0.25) is 0 Å². The predicted molar refractivity (Wildman–Crippen MR) is 66.5 cm³/mol. The first kappa shape index (κ1) is 12.6. The van der Waals surface area contributed by atoms with Gasteiger partial charge in [0, 0.05) is 31.0 Å². The summed E-state index contributed by atoms with van der Waals surface area (Å²) in [6.07, 6.45) is 3.57. The van der Waals surface area contributed by atoms with Crippen LogP contribution in [-0.2, 0) is 19.7 Å². The molecule has 0 unspecified atom stereocenters. The van der Waals surface area contributed by atoms with Crippen molar-refractivity contribution < 1.29 is 9.13 Å². The molecule has 0 aliphatic rings. The van der Waals surface area contributed by atoms with Gasteiger partial charge < -0.3 is 15.0 Å². The minimum absolute atomic E-state index is 0.214. The third-order valence-corrected chi connectivity index (χ3v) is 2.76. The van der Waals surface area contributed by atoms with Crippen molar-refractivity contribution in [2.75, 3.05) is 0 Å². The topological polar surface area (TPSA) is 53.1 Å². The van der Waals surface area contributed by atoms with Crippen LogP contribution in [0.3, 0.4) is 0 Å². The second-order valence-electron chi connectivity index (χ2n) is 3.85. The average molecular weight is 249 g/mol. The van der Waals surface area contributed by atoms with Crippen molar-refractivity contribution in [3.63, 3.8) is 0 Å². The molecule has 0 saturated carbocycles. The summed E-state index contributed by atoms with van der Waals surface area (Å²) in [7, 11) is 0. The molecule has 4 nitrogen and oxygen atoms in total. The molecule has 18 heavy (non-hydrogen) atoms. The maximum absolute atomic E-state index is 13.6. The highest BCUT2D eigenvalue weighted by atomic mass is 19.1. The summed E-state index contributed by atoms with van der Waals surface area (Å²) in [5.74, 6) is 0.585. The fourth-order valence-electron chi connectivity index (χ4n) is 1.78. The number of nitrogens with two attached hydrogens (primary N) is 1. The van der Waals surface area contributed by atoms with E-state index in [0.29, 0.717) is 5.56 Å². The van der Waals surface area contributed by atoms with E-state index in [2.05, 4.69) is 4.98 Å². The van der Waals surface area contributed by atoms with Crippen LogP contribution in [-0.4, -0.2) is 9.55 Å². The zero-order valence-corrected chi connectivity index (χ0v) is 10.3. The molecule has 2 rings (SSSR count). The molecule has 0 saturated heterocycles. The molecule has 1 heterocycles. The van der Waals surface area contributed by atoms with Gasteiger partial charge in [0.2, 0.25) is 0 Å². The number of halogens is 1. The van der Waals surface area contributed by atoms with E-state index in [0.717, 1.165) is 12.4 Å². The molecule has 1 aromatic heterocycles. The monoisotopic (exact) mass is 249 g/mol. The molecule has 96 valence electrons. The minimum atomic E-state index is -0.396. The third-order valence-electron chi connectivity index (χ3n) is 2.76. The zero-order valence-electron chi connectivity index (χ0n) is 10.3. The van der Waals surface area contributed by atoms with Crippen LogP contribution in [0.15, 0.2) is 30.6 Å². The van der Waals surface area contributed by atoms with Gasteiger partial charge in [0.1, 0.15) is 12.4 Å². The summed E-state index contributed by atoms with van der Waals surface area (Å²) >= 11 is 0. The summed E-state index contributed by atoms with van der Waals surface area (Å²) in [6, 6.07) is 4.74. The molecular formula is C13H16FN3O. The lowest BCUT2D eigenvalue weighted by atomic mass is 10.2. The van der Waals surface area contributed by atoms with Gasteiger partial charge in [-0.1, -0.05) is 12.1 Å². The van der Waals surface area contributed by atoms with E-state index in [9.17, 15) is 4.39 Å². The van der Waals surface area contributed by atoms with E-state index >= 15 is 0 Å². The maximum Gasteiger partial charge on any atom is 0.165 e. The van der Waals surface area contributed by atoms with Gasteiger partial charge in [-0.2, -0.15) is 0 Å². The summed E-state index contributed by atoms with van der Waals surface area (Å²) < 4.78 is 21.1.